The number of likely N-dealkylation sites (tertiary alicyclic amines) is 1. The minimum atomic E-state index is -0.402. The van der Waals surface area contributed by atoms with Gasteiger partial charge in [-0.1, -0.05) is 37.3 Å². The Hall–Kier alpha value is -0.860. The van der Waals surface area contributed by atoms with Crippen LogP contribution in [0.5, 0.6) is 0 Å². The Morgan fingerprint density at radius 3 is 2.44 bits per heavy atom. The van der Waals surface area contributed by atoms with Crippen LogP contribution >= 0.6 is 0 Å². The fourth-order valence-electron chi connectivity index (χ4n) is 2.80. The van der Waals surface area contributed by atoms with E-state index >= 15 is 0 Å². The fourth-order valence-corrected chi connectivity index (χ4v) is 2.80. The Labute approximate surface area is 111 Å². The van der Waals surface area contributed by atoms with Crippen molar-refractivity contribution >= 4 is 0 Å². The molecule has 0 aromatic heterocycles. The maximum absolute atomic E-state index is 10.5. The van der Waals surface area contributed by atoms with E-state index in [4.69, 9.17) is 0 Å². The lowest BCUT2D eigenvalue weighted by atomic mass is 9.86. The molecule has 0 amide bonds. The number of rotatable bonds is 5. The third-order valence-electron chi connectivity index (χ3n) is 4.18. The van der Waals surface area contributed by atoms with Crippen molar-refractivity contribution < 1.29 is 5.11 Å². The predicted octanol–water partition coefficient (Wildman–Crippen LogP) is 2.86. The van der Waals surface area contributed by atoms with Crippen LogP contribution in [-0.4, -0.2) is 35.2 Å². The van der Waals surface area contributed by atoms with Gasteiger partial charge in [-0.2, -0.15) is 0 Å². The topological polar surface area (TPSA) is 23.5 Å². The zero-order valence-corrected chi connectivity index (χ0v) is 11.4. The van der Waals surface area contributed by atoms with Crippen LogP contribution in [0.4, 0.5) is 0 Å². The van der Waals surface area contributed by atoms with Crippen LogP contribution in [0, 0.1) is 0 Å². The molecule has 0 unspecified atom stereocenters. The summed E-state index contributed by atoms with van der Waals surface area (Å²) < 4.78 is 0. The second-order valence-corrected chi connectivity index (χ2v) is 5.50. The summed E-state index contributed by atoms with van der Waals surface area (Å²) in [7, 11) is 0. The van der Waals surface area contributed by atoms with Crippen molar-refractivity contribution in [2.45, 2.75) is 44.6 Å². The van der Waals surface area contributed by atoms with Crippen LogP contribution in [0.3, 0.4) is 0 Å². The highest BCUT2D eigenvalue weighted by Gasteiger charge is 2.30. The number of piperidine rings is 1. The van der Waals surface area contributed by atoms with Gasteiger partial charge in [-0.15, -0.1) is 0 Å². The van der Waals surface area contributed by atoms with E-state index in [9.17, 15) is 5.11 Å². The van der Waals surface area contributed by atoms with E-state index in [0.29, 0.717) is 0 Å². The summed E-state index contributed by atoms with van der Waals surface area (Å²) in [5, 5.41) is 10.5. The molecule has 1 saturated heterocycles. The van der Waals surface area contributed by atoms with E-state index in [1.807, 2.05) is 0 Å². The van der Waals surface area contributed by atoms with Crippen LogP contribution in [0.2, 0.25) is 0 Å². The Balaban J connectivity index is 1.73. The summed E-state index contributed by atoms with van der Waals surface area (Å²) in [5.41, 5.74) is 0.979. The summed E-state index contributed by atoms with van der Waals surface area (Å²) in [4.78, 5) is 2.42. The third kappa shape index (κ3) is 3.82. The number of nitrogens with zero attached hydrogens (tertiary/aromatic N) is 1. The van der Waals surface area contributed by atoms with Gasteiger partial charge in [0, 0.05) is 13.1 Å². The summed E-state index contributed by atoms with van der Waals surface area (Å²) >= 11 is 0. The normalized spacial score (nSPS) is 19.9. The van der Waals surface area contributed by atoms with E-state index in [-0.39, 0.29) is 0 Å². The van der Waals surface area contributed by atoms with Crippen molar-refractivity contribution in [1.82, 2.24) is 4.90 Å². The molecule has 0 radical (unpaired) electrons. The van der Waals surface area contributed by atoms with Gasteiger partial charge in [0.2, 0.25) is 0 Å². The largest absolute Gasteiger partial charge is 0.390 e. The van der Waals surface area contributed by atoms with E-state index in [1.165, 1.54) is 5.56 Å². The first-order chi connectivity index (χ1) is 8.72. The van der Waals surface area contributed by atoms with Gasteiger partial charge in [0.05, 0.1) is 5.60 Å². The first-order valence-corrected chi connectivity index (χ1v) is 7.20. The second-order valence-electron chi connectivity index (χ2n) is 5.50. The molecule has 0 spiro atoms. The molecule has 1 N–H and O–H groups in total. The number of benzene rings is 1. The van der Waals surface area contributed by atoms with Crippen LogP contribution in [-0.2, 0) is 6.42 Å². The molecule has 1 fully saturated rings. The van der Waals surface area contributed by atoms with Crippen molar-refractivity contribution in [2.75, 3.05) is 19.6 Å². The number of aliphatic hydroxyl groups is 1. The van der Waals surface area contributed by atoms with Gasteiger partial charge in [-0.3, -0.25) is 0 Å². The quantitative estimate of drug-likeness (QED) is 0.865. The monoisotopic (exact) mass is 247 g/mol. The van der Waals surface area contributed by atoms with E-state index in [2.05, 4.69) is 42.2 Å². The molecular weight excluding hydrogens is 222 g/mol. The summed E-state index contributed by atoms with van der Waals surface area (Å²) in [6.45, 7) is 5.41. The maximum Gasteiger partial charge on any atom is 0.0672 e. The van der Waals surface area contributed by atoms with Crippen molar-refractivity contribution in [3.05, 3.63) is 35.9 Å². The average molecular weight is 247 g/mol. The molecule has 1 aromatic carbocycles. The number of hydrogen-bond donors (Lipinski definition) is 1. The van der Waals surface area contributed by atoms with Crippen LogP contribution < -0.4 is 0 Å². The first kappa shape index (κ1) is 13.6. The van der Waals surface area contributed by atoms with Gasteiger partial charge in [0.1, 0.15) is 0 Å². The number of hydrogen-bond acceptors (Lipinski definition) is 2. The highest BCUT2D eigenvalue weighted by Crippen LogP contribution is 2.27. The Morgan fingerprint density at radius 2 is 1.83 bits per heavy atom. The SMILES string of the molecule is CCN1CCC(O)(CCCc2ccccc2)CC1. The van der Waals surface area contributed by atoms with E-state index in [0.717, 1.165) is 51.7 Å². The summed E-state index contributed by atoms with van der Waals surface area (Å²) in [6.07, 6.45) is 5.00. The molecule has 0 atom stereocenters. The molecule has 1 heterocycles. The van der Waals surface area contributed by atoms with Crippen LogP contribution in [0.15, 0.2) is 30.3 Å². The minimum Gasteiger partial charge on any atom is -0.390 e. The summed E-state index contributed by atoms with van der Waals surface area (Å²) in [5.74, 6) is 0. The molecule has 1 aromatic rings. The lowest BCUT2D eigenvalue weighted by Gasteiger charge is -2.37. The Kier molecular flexibility index (Phi) is 4.79. The molecule has 2 heteroatoms. The molecular formula is C16H25NO. The average Bonchev–Trinajstić information content (AvgIpc) is 2.41. The molecule has 0 bridgehead atoms. The number of aryl methyl sites for hydroxylation is 1. The Bertz CT molecular complexity index is 341. The van der Waals surface area contributed by atoms with Gasteiger partial charge in [-0.05, 0) is 44.2 Å². The lowest BCUT2D eigenvalue weighted by Crippen LogP contribution is -2.44. The van der Waals surface area contributed by atoms with E-state index < -0.39 is 5.60 Å². The standard InChI is InChI=1S/C16H25NO/c1-2-17-13-11-16(18,12-14-17)10-6-9-15-7-4-3-5-8-15/h3-5,7-8,18H,2,6,9-14H2,1H3. The molecule has 0 aliphatic carbocycles. The second kappa shape index (κ2) is 6.35. The molecule has 18 heavy (non-hydrogen) atoms. The molecule has 2 rings (SSSR count). The first-order valence-electron chi connectivity index (χ1n) is 7.20. The van der Waals surface area contributed by atoms with Crippen molar-refractivity contribution in [3.8, 4) is 0 Å². The van der Waals surface area contributed by atoms with Gasteiger partial charge in [-0.25, -0.2) is 0 Å². The van der Waals surface area contributed by atoms with Gasteiger partial charge in [0.15, 0.2) is 0 Å². The highest BCUT2D eigenvalue weighted by atomic mass is 16.3. The zero-order valence-electron chi connectivity index (χ0n) is 11.4. The summed E-state index contributed by atoms with van der Waals surface area (Å²) in [6, 6.07) is 10.6. The van der Waals surface area contributed by atoms with Crippen LogP contribution in [0.25, 0.3) is 0 Å². The van der Waals surface area contributed by atoms with Crippen LogP contribution in [0.1, 0.15) is 38.2 Å². The smallest absolute Gasteiger partial charge is 0.0672 e. The Morgan fingerprint density at radius 1 is 1.17 bits per heavy atom. The molecule has 100 valence electrons. The highest BCUT2D eigenvalue weighted by molar-refractivity contribution is 5.14. The molecule has 1 aliphatic heterocycles. The van der Waals surface area contributed by atoms with Crippen molar-refractivity contribution in [3.63, 3.8) is 0 Å². The molecule has 0 saturated carbocycles. The van der Waals surface area contributed by atoms with E-state index in [1.54, 1.807) is 0 Å². The molecule has 2 nitrogen and oxygen atoms in total. The minimum absolute atomic E-state index is 0.402. The van der Waals surface area contributed by atoms with Gasteiger partial charge >= 0.3 is 0 Å². The van der Waals surface area contributed by atoms with Crippen molar-refractivity contribution in [2.24, 2.45) is 0 Å². The maximum atomic E-state index is 10.5. The van der Waals surface area contributed by atoms with Gasteiger partial charge < -0.3 is 10.0 Å². The molecule has 1 aliphatic rings. The third-order valence-corrected chi connectivity index (χ3v) is 4.18. The van der Waals surface area contributed by atoms with Crippen molar-refractivity contribution in [1.29, 1.82) is 0 Å². The van der Waals surface area contributed by atoms with Gasteiger partial charge in [0.25, 0.3) is 0 Å². The predicted molar refractivity (Wildman–Crippen MR) is 75.7 cm³/mol. The lowest BCUT2D eigenvalue weighted by molar-refractivity contribution is -0.0276. The fraction of sp³-hybridized carbons (Fsp3) is 0.625. The zero-order chi connectivity index (χ0) is 12.8.